The molecule has 0 atom stereocenters. The lowest BCUT2D eigenvalue weighted by molar-refractivity contribution is -0.385. The van der Waals surface area contributed by atoms with E-state index in [1.165, 1.54) is 12.3 Å². The number of nitrogens with two attached hydrogens (primary N) is 1. The van der Waals surface area contributed by atoms with Gasteiger partial charge in [-0.05, 0) is 49.8 Å². The van der Waals surface area contributed by atoms with Crippen LogP contribution in [-0.2, 0) is 0 Å². The molecule has 0 unspecified atom stereocenters. The summed E-state index contributed by atoms with van der Waals surface area (Å²) in [5.74, 6) is 0.989. The summed E-state index contributed by atoms with van der Waals surface area (Å²) in [5, 5.41) is 14.9. The highest BCUT2D eigenvalue weighted by Crippen LogP contribution is 2.30. The molecule has 114 valence electrons. The van der Waals surface area contributed by atoms with Crippen LogP contribution in [0.4, 0.5) is 5.69 Å². The first-order valence-electron chi connectivity index (χ1n) is 6.33. The van der Waals surface area contributed by atoms with Crippen molar-refractivity contribution >= 4 is 29.2 Å². The number of aryl methyl sites for hydroxylation is 1. The fraction of sp³-hybridized carbons (Fsp3) is 0.143. The fourth-order valence-electron chi connectivity index (χ4n) is 1.91. The number of hydrogen-bond acceptors (Lipinski definition) is 5. The third-order valence-electron chi connectivity index (χ3n) is 3.11. The Kier molecular flexibility index (Phi) is 4.52. The standard InChI is InChI=1S/C14H14N4O3S/c1-8-5-10(6-12(9(8)2)18(19)20)13-4-3-11(21-13)7-16-17-14(15)22/h3-7H,1-2H3,(H3,15,17,22)/b16-7-. The summed E-state index contributed by atoms with van der Waals surface area (Å²) in [7, 11) is 0. The van der Waals surface area contributed by atoms with Crippen molar-refractivity contribution in [2.75, 3.05) is 0 Å². The molecule has 1 aromatic carbocycles. The highest BCUT2D eigenvalue weighted by molar-refractivity contribution is 7.80. The van der Waals surface area contributed by atoms with E-state index in [9.17, 15) is 10.1 Å². The molecule has 1 heterocycles. The molecule has 1 aromatic heterocycles. The number of nitro groups is 1. The minimum absolute atomic E-state index is 0.0489. The zero-order valence-corrected chi connectivity index (χ0v) is 12.8. The van der Waals surface area contributed by atoms with Gasteiger partial charge in [-0.1, -0.05) is 0 Å². The molecule has 8 heteroatoms. The van der Waals surface area contributed by atoms with Gasteiger partial charge in [0.1, 0.15) is 11.5 Å². The van der Waals surface area contributed by atoms with Crippen molar-refractivity contribution in [1.82, 2.24) is 5.43 Å². The first-order valence-corrected chi connectivity index (χ1v) is 6.73. The lowest BCUT2D eigenvalue weighted by Gasteiger charge is -2.04. The molecule has 0 bridgehead atoms. The number of nitrogens with zero attached hydrogens (tertiary/aromatic N) is 2. The second-order valence-corrected chi connectivity index (χ2v) is 5.07. The molecular formula is C14H14N4O3S. The third-order valence-corrected chi connectivity index (χ3v) is 3.21. The van der Waals surface area contributed by atoms with Crippen molar-refractivity contribution in [1.29, 1.82) is 0 Å². The maximum Gasteiger partial charge on any atom is 0.273 e. The van der Waals surface area contributed by atoms with Crippen molar-refractivity contribution in [3.05, 3.63) is 51.3 Å². The van der Waals surface area contributed by atoms with Gasteiger partial charge in [-0.2, -0.15) is 5.10 Å². The summed E-state index contributed by atoms with van der Waals surface area (Å²) < 4.78 is 5.59. The van der Waals surface area contributed by atoms with Crippen LogP contribution in [-0.4, -0.2) is 16.3 Å². The second kappa shape index (κ2) is 6.35. The van der Waals surface area contributed by atoms with Crippen LogP contribution >= 0.6 is 12.2 Å². The number of benzene rings is 1. The van der Waals surface area contributed by atoms with E-state index in [2.05, 4.69) is 22.7 Å². The van der Waals surface area contributed by atoms with Gasteiger partial charge in [-0.15, -0.1) is 0 Å². The van der Waals surface area contributed by atoms with Gasteiger partial charge in [0.2, 0.25) is 0 Å². The quantitative estimate of drug-likeness (QED) is 0.388. The molecular weight excluding hydrogens is 304 g/mol. The van der Waals surface area contributed by atoms with Gasteiger partial charge in [-0.3, -0.25) is 15.5 Å². The van der Waals surface area contributed by atoms with Crippen molar-refractivity contribution in [2.24, 2.45) is 10.8 Å². The predicted octanol–water partition coefficient (Wildman–Crippen LogP) is 2.64. The number of hydrazone groups is 1. The van der Waals surface area contributed by atoms with E-state index in [1.54, 1.807) is 19.1 Å². The number of hydrogen-bond donors (Lipinski definition) is 2. The number of thiocarbonyl (C=S) groups is 1. The van der Waals surface area contributed by atoms with Crippen LogP contribution in [0.15, 0.2) is 33.8 Å². The lowest BCUT2D eigenvalue weighted by Crippen LogP contribution is -2.23. The number of nitro benzene ring substituents is 1. The average molecular weight is 318 g/mol. The number of rotatable bonds is 4. The largest absolute Gasteiger partial charge is 0.455 e. The second-order valence-electron chi connectivity index (χ2n) is 4.63. The molecule has 0 aliphatic carbocycles. The zero-order valence-electron chi connectivity index (χ0n) is 12.0. The summed E-state index contributed by atoms with van der Waals surface area (Å²) in [4.78, 5) is 10.7. The molecule has 2 aromatic rings. The van der Waals surface area contributed by atoms with Crippen molar-refractivity contribution in [3.8, 4) is 11.3 Å². The van der Waals surface area contributed by atoms with E-state index in [4.69, 9.17) is 10.2 Å². The van der Waals surface area contributed by atoms with Crippen molar-refractivity contribution < 1.29 is 9.34 Å². The molecule has 0 fully saturated rings. The fourth-order valence-corrected chi connectivity index (χ4v) is 1.96. The van der Waals surface area contributed by atoms with Crippen molar-refractivity contribution in [2.45, 2.75) is 13.8 Å². The van der Waals surface area contributed by atoms with Gasteiger partial charge >= 0.3 is 0 Å². The van der Waals surface area contributed by atoms with Gasteiger partial charge in [-0.25, -0.2) is 0 Å². The van der Waals surface area contributed by atoms with Crippen molar-refractivity contribution in [3.63, 3.8) is 0 Å². The Bertz CT molecular complexity index is 767. The smallest absolute Gasteiger partial charge is 0.273 e. The molecule has 0 aliphatic rings. The molecule has 0 radical (unpaired) electrons. The topological polar surface area (TPSA) is 107 Å². The summed E-state index contributed by atoms with van der Waals surface area (Å²) in [6, 6.07) is 6.75. The third kappa shape index (κ3) is 3.47. The Morgan fingerprint density at radius 3 is 2.82 bits per heavy atom. The SMILES string of the molecule is Cc1cc(-c2ccc(/C=N\NC(N)=S)o2)cc([N+](=O)[O-])c1C. The average Bonchev–Trinajstić information content (AvgIpc) is 2.89. The monoisotopic (exact) mass is 318 g/mol. The molecule has 0 aliphatic heterocycles. The summed E-state index contributed by atoms with van der Waals surface area (Å²) in [6.07, 6.45) is 1.41. The van der Waals surface area contributed by atoms with Gasteiger partial charge in [0, 0.05) is 17.2 Å². The Balaban J connectivity index is 2.33. The Labute approximate surface area is 132 Å². The van der Waals surface area contributed by atoms with Crippen LogP contribution in [0.25, 0.3) is 11.3 Å². The van der Waals surface area contributed by atoms with Crippen LogP contribution < -0.4 is 11.2 Å². The molecule has 2 rings (SSSR count). The van der Waals surface area contributed by atoms with E-state index >= 15 is 0 Å². The predicted molar refractivity (Wildman–Crippen MR) is 87.8 cm³/mol. The van der Waals surface area contributed by atoms with E-state index < -0.39 is 4.92 Å². The number of furan rings is 1. The summed E-state index contributed by atoms with van der Waals surface area (Å²) in [6.45, 7) is 3.54. The first-order chi connectivity index (χ1) is 10.4. The van der Waals surface area contributed by atoms with Gasteiger partial charge in [0.15, 0.2) is 5.11 Å². The normalized spacial score (nSPS) is 10.8. The first kappa shape index (κ1) is 15.6. The van der Waals surface area contributed by atoms with Gasteiger partial charge in [0.05, 0.1) is 11.1 Å². The highest BCUT2D eigenvalue weighted by Gasteiger charge is 2.16. The molecule has 3 N–H and O–H groups in total. The summed E-state index contributed by atoms with van der Waals surface area (Å²) >= 11 is 4.62. The maximum atomic E-state index is 11.1. The van der Waals surface area contributed by atoms with Crippen LogP contribution in [0, 0.1) is 24.0 Å². The van der Waals surface area contributed by atoms with E-state index in [0.29, 0.717) is 22.6 Å². The minimum Gasteiger partial charge on any atom is -0.455 e. The van der Waals surface area contributed by atoms with E-state index in [-0.39, 0.29) is 10.8 Å². The highest BCUT2D eigenvalue weighted by atomic mass is 32.1. The Morgan fingerprint density at radius 2 is 2.18 bits per heavy atom. The summed E-state index contributed by atoms with van der Waals surface area (Å²) in [5.41, 5.74) is 9.82. The molecule has 22 heavy (non-hydrogen) atoms. The molecule has 0 amide bonds. The minimum atomic E-state index is -0.400. The zero-order chi connectivity index (χ0) is 16.3. The molecule has 0 spiro atoms. The van der Waals surface area contributed by atoms with Gasteiger partial charge < -0.3 is 10.2 Å². The van der Waals surface area contributed by atoms with Crippen LogP contribution in [0.3, 0.4) is 0 Å². The van der Waals surface area contributed by atoms with E-state index in [0.717, 1.165) is 5.56 Å². The van der Waals surface area contributed by atoms with Crippen LogP contribution in [0.5, 0.6) is 0 Å². The lowest BCUT2D eigenvalue weighted by atomic mass is 10.0. The number of nitrogens with one attached hydrogen (secondary N) is 1. The van der Waals surface area contributed by atoms with Crippen LogP contribution in [0.2, 0.25) is 0 Å². The molecule has 0 saturated heterocycles. The van der Waals surface area contributed by atoms with Crippen LogP contribution in [0.1, 0.15) is 16.9 Å². The van der Waals surface area contributed by atoms with Gasteiger partial charge in [0.25, 0.3) is 5.69 Å². The van der Waals surface area contributed by atoms with E-state index in [1.807, 2.05) is 13.0 Å². The Morgan fingerprint density at radius 1 is 1.45 bits per heavy atom. The maximum absolute atomic E-state index is 11.1. The molecule has 0 saturated carbocycles. The Hall–Kier alpha value is -2.74. The molecule has 7 nitrogen and oxygen atoms in total.